The average Bonchev–Trinajstić information content (AvgIpc) is 4.05. The van der Waals surface area contributed by atoms with Gasteiger partial charge in [0.25, 0.3) is 11.8 Å². The molecule has 4 aromatic carbocycles. The molecule has 60 heavy (non-hydrogen) atoms. The van der Waals surface area contributed by atoms with Crippen molar-refractivity contribution in [3.8, 4) is 57.2 Å². The monoisotopic (exact) mass is 806 g/mol. The molecule has 8 rings (SSSR count). The van der Waals surface area contributed by atoms with E-state index >= 15 is 0 Å². The molecule has 0 radical (unpaired) electrons. The first kappa shape index (κ1) is 41.3. The van der Waals surface area contributed by atoms with Gasteiger partial charge in [0.1, 0.15) is 17.6 Å². The number of fused-ring (bicyclic) bond motifs is 2. The zero-order chi connectivity index (χ0) is 42.7. The number of esters is 1. The number of hydrogen-bond acceptors (Lipinski definition) is 11. The predicted octanol–water partition coefficient (Wildman–Crippen LogP) is 11.0. The molecule has 2 atom stereocenters. The fourth-order valence-electron chi connectivity index (χ4n) is 7.18. The van der Waals surface area contributed by atoms with Gasteiger partial charge < -0.3 is 28.4 Å². The van der Waals surface area contributed by atoms with Crippen LogP contribution in [0.5, 0.6) is 11.5 Å². The first-order valence-corrected chi connectivity index (χ1v) is 19.9. The summed E-state index contributed by atoms with van der Waals surface area (Å²) < 4.78 is 28.1. The summed E-state index contributed by atoms with van der Waals surface area (Å²) in [5.41, 5.74) is 7.37. The van der Waals surface area contributed by atoms with Gasteiger partial charge in [0.2, 0.25) is 23.0 Å². The maximum atomic E-state index is 12.4. The molecule has 0 saturated carbocycles. The van der Waals surface area contributed by atoms with Crippen molar-refractivity contribution in [2.45, 2.75) is 98.6 Å². The quantitative estimate of drug-likeness (QED) is 0.110. The van der Waals surface area contributed by atoms with E-state index in [9.17, 15) is 9.90 Å². The van der Waals surface area contributed by atoms with Crippen molar-refractivity contribution in [1.82, 2.24) is 20.3 Å². The normalized spacial score (nSPS) is 15.4. The third-order valence-corrected chi connectivity index (χ3v) is 10.0. The number of benzene rings is 4. The van der Waals surface area contributed by atoms with Crippen molar-refractivity contribution < 1.29 is 33.2 Å². The van der Waals surface area contributed by atoms with Crippen LogP contribution in [0.4, 0.5) is 11.4 Å². The molecule has 13 heteroatoms. The molecule has 0 bridgehead atoms. The van der Waals surface area contributed by atoms with E-state index in [1.54, 1.807) is 30.3 Å². The molecule has 0 unspecified atom stereocenters. The smallest absolute Gasteiger partial charge is 0.311 e. The second kappa shape index (κ2) is 17.2. The summed E-state index contributed by atoms with van der Waals surface area (Å²) in [5.74, 6) is 2.49. The highest BCUT2D eigenvalue weighted by molar-refractivity contribution is 5.76. The highest BCUT2D eigenvalue weighted by Crippen LogP contribution is 2.42. The van der Waals surface area contributed by atoms with Gasteiger partial charge in [-0.3, -0.25) is 4.79 Å². The average molecular weight is 807 g/mol. The van der Waals surface area contributed by atoms with Crippen molar-refractivity contribution in [1.29, 1.82) is 0 Å². The highest BCUT2D eigenvalue weighted by atomic mass is 16.5. The van der Waals surface area contributed by atoms with Crippen LogP contribution in [0, 0.1) is 18.6 Å². The summed E-state index contributed by atoms with van der Waals surface area (Å²) >= 11 is 0. The summed E-state index contributed by atoms with van der Waals surface area (Å²) in [6, 6.07) is 22.1. The lowest BCUT2D eigenvalue weighted by Gasteiger charge is -2.21. The maximum Gasteiger partial charge on any atom is 0.311 e. The van der Waals surface area contributed by atoms with E-state index in [1.165, 1.54) is 0 Å². The van der Waals surface area contributed by atoms with Gasteiger partial charge in [-0.15, -0.1) is 0 Å². The van der Waals surface area contributed by atoms with Crippen LogP contribution in [0.25, 0.3) is 55.4 Å². The molecule has 2 heterocycles. The third-order valence-electron chi connectivity index (χ3n) is 10.0. The third kappa shape index (κ3) is 8.77. The number of carbonyl (C=O) groups excluding carboxylic acids is 1. The molecular weight excluding hydrogens is 761 g/mol. The Bertz CT molecular complexity index is 2620. The molecule has 2 aliphatic rings. The van der Waals surface area contributed by atoms with E-state index in [-0.39, 0.29) is 24.3 Å². The summed E-state index contributed by atoms with van der Waals surface area (Å²) in [5, 5.41) is 18.4. The van der Waals surface area contributed by atoms with E-state index in [0.29, 0.717) is 63.9 Å². The molecule has 1 N–H and O–H groups in total. The second-order valence-electron chi connectivity index (χ2n) is 16.3. The molecule has 0 fully saturated rings. The first-order valence-electron chi connectivity index (χ1n) is 19.9. The Morgan fingerprint density at radius 2 is 1.22 bits per heavy atom. The maximum absolute atomic E-state index is 12.4. The number of nitrogens with zero attached hydrogens (tertiary/aromatic N) is 6. The minimum Gasteiger partial charge on any atom is -0.502 e. The number of aliphatic hydroxyl groups is 1. The van der Waals surface area contributed by atoms with Crippen LogP contribution in [0.2, 0.25) is 0 Å². The van der Waals surface area contributed by atoms with Crippen molar-refractivity contribution in [3.05, 3.63) is 118 Å². The molecule has 306 valence electrons. The first-order chi connectivity index (χ1) is 28.7. The zero-order valence-corrected chi connectivity index (χ0v) is 34.6. The molecular formula is C47H46N6O7. The minimum atomic E-state index is -0.553. The molecule has 2 aliphatic carbocycles. The summed E-state index contributed by atoms with van der Waals surface area (Å²) in [6.07, 6.45) is 2.25. The second-order valence-corrected chi connectivity index (χ2v) is 16.3. The Hall–Kier alpha value is -6.83. The van der Waals surface area contributed by atoms with Gasteiger partial charge in [0, 0.05) is 22.3 Å². The number of hydrogen-bond donors (Lipinski definition) is 1. The lowest BCUT2D eigenvalue weighted by Crippen LogP contribution is -2.24. The van der Waals surface area contributed by atoms with Crippen molar-refractivity contribution in [3.63, 3.8) is 0 Å². The van der Waals surface area contributed by atoms with Crippen LogP contribution in [-0.2, 0) is 22.4 Å². The number of aromatic nitrogens is 4. The Morgan fingerprint density at radius 3 is 1.70 bits per heavy atom. The van der Waals surface area contributed by atoms with E-state index in [4.69, 9.17) is 36.4 Å². The number of aliphatic hydroxyl groups excluding tert-OH is 1. The fourth-order valence-corrected chi connectivity index (χ4v) is 7.18. The van der Waals surface area contributed by atoms with Crippen LogP contribution in [-0.4, -0.2) is 43.6 Å². The van der Waals surface area contributed by atoms with E-state index in [2.05, 4.69) is 30.0 Å². The summed E-state index contributed by atoms with van der Waals surface area (Å²) in [4.78, 5) is 28.6. The molecule has 0 saturated heterocycles. The summed E-state index contributed by atoms with van der Waals surface area (Å²) in [7, 11) is 0. The van der Waals surface area contributed by atoms with E-state index < -0.39 is 11.5 Å². The van der Waals surface area contributed by atoms with Crippen LogP contribution in [0.3, 0.4) is 0 Å². The number of rotatable bonds is 9. The van der Waals surface area contributed by atoms with Crippen molar-refractivity contribution >= 4 is 17.3 Å². The van der Waals surface area contributed by atoms with Gasteiger partial charge in [-0.25, -0.2) is 9.69 Å². The Labute approximate surface area is 349 Å². The largest absolute Gasteiger partial charge is 0.502 e. The lowest BCUT2D eigenvalue weighted by molar-refractivity contribution is -0.159. The standard InChI is InChI=1S/C26H27N3O4.C21H19N3O3/c1-15(2)31-22-12-10-16(14-20(22)27-6)24-28-23(29-33-24)19-9-7-8-18-17(19)11-13-21(18)32-25(30)26(3,4)5;1-12(2)26-19-10-7-13(11-17(19)22-3)21-23-20(24-27-21)16-6-4-5-15-14(16)8-9-18(15)25/h7-10,12,14-15,21H,11,13H2,1-5H3;4-7,10-12,18,25H,8-9H2,1-2H3/t21-;18-/m11/s1. The van der Waals surface area contributed by atoms with Gasteiger partial charge in [-0.1, -0.05) is 46.7 Å². The van der Waals surface area contributed by atoms with Gasteiger partial charge in [-0.05, 0) is 133 Å². The Balaban J connectivity index is 0.000000185. The minimum absolute atomic E-state index is 0.0121. The Morgan fingerprint density at radius 1 is 0.733 bits per heavy atom. The highest BCUT2D eigenvalue weighted by Gasteiger charge is 2.33. The van der Waals surface area contributed by atoms with Gasteiger partial charge >= 0.3 is 5.97 Å². The molecule has 0 amide bonds. The number of carbonyl (C=O) groups is 1. The predicted molar refractivity (Wildman–Crippen MR) is 224 cm³/mol. The van der Waals surface area contributed by atoms with Crippen LogP contribution >= 0.6 is 0 Å². The van der Waals surface area contributed by atoms with Gasteiger partial charge in [0.05, 0.1) is 36.9 Å². The lowest BCUT2D eigenvalue weighted by atomic mass is 9.97. The SMILES string of the molecule is [C-]#[N+]c1cc(-c2nc(-c3cccc4c3CC[C@H]4O)no2)ccc1OC(C)C.[C-]#[N+]c1cc(-c2nc(-c3cccc4c3CC[C@H]4OC(=O)C(C)(C)C)no2)ccc1OC(C)C. The van der Waals surface area contributed by atoms with Crippen LogP contribution in [0.15, 0.2) is 81.8 Å². The van der Waals surface area contributed by atoms with Gasteiger partial charge in [0.15, 0.2) is 0 Å². The fraction of sp³-hybridized carbons (Fsp3) is 0.340. The van der Waals surface area contributed by atoms with Gasteiger partial charge in [-0.2, -0.15) is 9.97 Å². The molecule has 0 aliphatic heterocycles. The van der Waals surface area contributed by atoms with Crippen LogP contribution in [0.1, 0.15) is 95.8 Å². The van der Waals surface area contributed by atoms with E-state index in [0.717, 1.165) is 52.6 Å². The topological polar surface area (TPSA) is 152 Å². The summed E-state index contributed by atoms with van der Waals surface area (Å²) in [6.45, 7) is 28.1. The molecule has 2 aromatic heterocycles. The van der Waals surface area contributed by atoms with Crippen molar-refractivity contribution in [2.75, 3.05) is 0 Å². The zero-order valence-electron chi connectivity index (χ0n) is 34.6. The molecule has 0 spiro atoms. The number of ether oxygens (including phenoxy) is 3. The van der Waals surface area contributed by atoms with Crippen molar-refractivity contribution in [2.24, 2.45) is 5.41 Å². The molecule has 6 aromatic rings. The molecule has 13 nitrogen and oxygen atoms in total. The van der Waals surface area contributed by atoms with Crippen LogP contribution < -0.4 is 9.47 Å². The van der Waals surface area contributed by atoms with E-state index in [1.807, 2.05) is 90.9 Å². The Kier molecular flexibility index (Phi) is 11.8.